The van der Waals surface area contributed by atoms with Crippen LogP contribution in [-0.2, 0) is 6.61 Å². The second kappa shape index (κ2) is 7.09. The van der Waals surface area contributed by atoms with Crippen LogP contribution in [0.3, 0.4) is 0 Å². The molecule has 0 atom stereocenters. The third-order valence-corrected chi connectivity index (χ3v) is 2.87. The first-order chi connectivity index (χ1) is 10.2. The van der Waals surface area contributed by atoms with E-state index in [4.69, 9.17) is 15.7 Å². The highest BCUT2D eigenvalue weighted by Crippen LogP contribution is 2.18. The van der Waals surface area contributed by atoms with Crippen molar-refractivity contribution < 1.29 is 4.74 Å². The van der Waals surface area contributed by atoms with Gasteiger partial charge in [-0.25, -0.2) is 4.98 Å². The molecular weight excluding hydrogens is 262 g/mol. The summed E-state index contributed by atoms with van der Waals surface area (Å²) < 4.78 is 5.72. The number of nitrogens with two attached hydrogens (primary N) is 1. The van der Waals surface area contributed by atoms with Crippen LogP contribution >= 0.6 is 0 Å². The van der Waals surface area contributed by atoms with Crippen molar-refractivity contribution >= 4 is 0 Å². The minimum Gasteiger partial charge on any atom is -0.489 e. The quantitative estimate of drug-likeness (QED) is 0.873. The summed E-state index contributed by atoms with van der Waals surface area (Å²) >= 11 is 0. The topological polar surface area (TPSA) is 71.9 Å². The number of ether oxygens (including phenoxy) is 1. The number of nitriles is 1. The summed E-state index contributed by atoms with van der Waals surface area (Å²) in [6, 6.07) is 11.3. The third-order valence-electron chi connectivity index (χ3n) is 2.87. The minimum atomic E-state index is 0.348. The molecule has 0 aliphatic carbocycles. The van der Waals surface area contributed by atoms with Crippen LogP contribution in [0.5, 0.6) is 5.75 Å². The predicted molar refractivity (Wildman–Crippen MR) is 80.4 cm³/mol. The molecule has 2 rings (SSSR count). The van der Waals surface area contributed by atoms with E-state index in [9.17, 15) is 0 Å². The van der Waals surface area contributed by atoms with Gasteiger partial charge in [0, 0.05) is 11.8 Å². The number of hydrogen-bond donors (Lipinski definition) is 1. The molecule has 0 unspecified atom stereocenters. The summed E-state index contributed by atoms with van der Waals surface area (Å²) in [6.07, 6.45) is 1.61. The van der Waals surface area contributed by atoms with E-state index in [1.807, 2.05) is 37.3 Å². The van der Waals surface area contributed by atoms with Gasteiger partial charge in [-0.2, -0.15) is 5.26 Å². The maximum absolute atomic E-state index is 8.81. The Kier molecular flexibility index (Phi) is 4.93. The number of rotatable bonds is 3. The number of aromatic nitrogens is 1. The van der Waals surface area contributed by atoms with Crippen molar-refractivity contribution in [2.24, 2.45) is 5.73 Å². The largest absolute Gasteiger partial charge is 0.489 e. The van der Waals surface area contributed by atoms with Crippen molar-refractivity contribution in [1.82, 2.24) is 4.98 Å². The summed E-state index contributed by atoms with van der Waals surface area (Å²) in [5.41, 5.74) is 8.65. The zero-order valence-electron chi connectivity index (χ0n) is 11.8. The molecule has 4 heteroatoms. The average molecular weight is 277 g/mol. The average Bonchev–Trinajstić information content (AvgIpc) is 2.52. The van der Waals surface area contributed by atoms with Gasteiger partial charge in [-0.3, -0.25) is 0 Å². The van der Waals surface area contributed by atoms with Crippen LogP contribution in [0.15, 0.2) is 36.5 Å². The minimum absolute atomic E-state index is 0.348. The number of hydrogen-bond acceptors (Lipinski definition) is 4. The van der Waals surface area contributed by atoms with Crippen molar-refractivity contribution in [3.8, 4) is 23.7 Å². The first-order valence-corrected chi connectivity index (χ1v) is 6.50. The summed E-state index contributed by atoms with van der Waals surface area (Å²) in [4.78, 5) is 3.93. The highest BCUT2D eigenvalue weighted by molar-refractivity contribution is 5.44. The van der Waals surface area contributed by atoms with Crippen LogP contribution < -0.4 is 10.5 Å². The SMILES string of the molecule is Cc1cc(OCc2ccnc(C#N)c2)ccc1C#CCN. The Labute approximate surface area is 124 Å². The molecule has 0 aliphatic heterocycles. The van der Waals surface area contributed by atoms with Gasteiger partial charge in [0.05, 0.1) is 6.54 Å². The lowest BCUT2D eigenvalue weighted by molar-refractivity contribution is 0.306. The number of pyridine rings is 1. The van der Waals surface area contributed by atoms with Gasteiger partial charge in [-0.15, -0.1) is 0 Å². The molecule has 0 radical (unpaired) electrons. The Morgan fingerprint density at radius 1 is 1.29 bits per heavy atom. The third kappa shape index (κ3) is 4.07. The highest BCUT2D eigenvalue weighted by Gasteiger charge is 2.01. The van der Waals surface area contributed by atoms with E-state index in [0.717, 1.165) is 22.4 Å². The molecule has 104 valence electrons. The normalized spacial score (nSPS) is 9.38. The van der Waals surface area contributed by atoms with Crippen LogP contribution in [0.25, 0.3) is 0 Å². The Bertz CT molecular complexity index is 736. The number of nitrogens with zero attached hydrogens (tertiary/aromatic N) is 2. The number of benzene rings is 1. The Hall–Kier alpha value is -2.82. The van der Waals surface area contributed by atoms with Crippen molar-refractivity contribution in [1.29, 1.82) is 5.26 Å². The van der Waals surface area contributed by atoms with Gasteiger partial charge in [0.2, 0.25) is 0 Å². The first-order valence-electron chi connectivity index (χ1n) is 6.50. The molecule has 0 fully saturated rings. The maximum atomic E-state index is 8.81. The molecule has 2 aromatic rings. The Morgan fingerprint density at radius 3 is 2.86 bits per heavy atom. The van der Waals surface area contributed by atoms with E-state index in [1.165, 1.54) is 0 Å². The molecular formula is C17H15N3O. The Balaban J connectivity index is 2.07. The van der Waals surface area contributed by atoms with Gasteiger partial charge >= 0.3 is 0 Å². The molecule has 0 aliphatic rings. The molecule has 21 heavy (non-hydrogen) atoms. The van der Waals surface area contributed by atoms with Crippen LogP contribution in [0.1, 0.15) is 22.4 Å². The number of aryl methyl sites for hydroxylation is 1. The molecule has 2 N–H and O–H groups in total. The first kappa shape index (κ1) is 14.6. The molecule has 1 aromatic heterocycles. The van der Waals surface area contributed by atoms with Gasteiger partial charge in [0.15, 0.2) is 0 Å². The van der Waals surface area contributed by atoms with Gasteiger partial charge < -0.3 is 10.5 Å². The summed E-state index contributed by atoms with van der Waals surface area (Å²) in [5, 5.41) is 8.81. The lowest BCUT2D eigenvalue weighted by Crippen LogP contribution is -1.98. The molecule has 0 amide bonds. The molecule has 1 heterocycles. The molecule has 0 saturated heterocycles. The van der Waals surface area contributed by atoms with Gasteiger partial charge in [-0.05, 0) is 48.4 Å². The fourth-order valence-electron chi connectivity index (χ4n) is 1.80. The fraction of sp³-hybridized carbons (Fsp3) is 0.176. The lowest BCUT2D eigenvalue weighted by Gasteiger charge is -2.08. The van der Waals surface area contributed by atoms with Crippen molar-refractivity contribution in [2.75, 3.05) is 6.54 Å². The van der Waals surface area contributed by atoms with E-state index in [1.54, 1.807) is 12.3 Å². The van der Waals surface area contributed by atoms with Crippen molar-refractivity contribution in [3.63, 3.8) is 0 Å². The second-order valence-corrected chi connectivity index (χ2v) is 4.43. The molecule has 0 spiro atoms. The molecule has 1 aromatic carbocycles. The maximum Gasteiger partial charge on any atom is 0.140 e. The summed E-state index contributed by atoms with van der Waals surface area (Å²) in [5.74, 6) is 6.61. The predicted octanol–water partition coefficient (Wildman–Crippen LogP) is 2.15. The lowest BCUT2D eigenvalue weighted by atomic mass is 10.1. The molecule has 0 saturated carbocycles. The van der Waals surface area contributed by atoms with Crippen LogP contribution in [0, 0.1) is 30.1 Å². The van der Waals surface area contributed by atoms with E-state index < -0.39 is 0 Å². The van der Waals surface area contributed by atoms with E-state index in [0.29, 0.717) is 18.8 Å². The van der Waals surface area contributed by atoms with E-state index in [-0.39, 0.29) is 0 Å². The van der Waals surface area contributed by atoms with Crippen molar-refractivity contribution in [2.45, 2.75) is 13.5 Å². The van der Waals surface area contributed by atoms with Gasteiger partial charge in [-0.1, -0.05) is 11.8 Å². The summed E-state index contributed by atoms with van der Waals surface area (Å²) in [7, 11) is 0. The zero-order chi connectivity index (χ0) is 15.1. The smallest absolute Gasteiger partial charge is 0.140 e. The monoisotopic (exact) mass is 277 g/mol. The van der Waals surface area contributed by atoms with E-state index >= 15 is 0 Å². The van der Waals surface area contributed by atoms with Gasteiger partial charge in [0.25, 0.3) is 0 Å². The van der Waals surface area contributed by atoms with Crippen LogP contribution in [0.2, 0.25) is 0 Å². The summed E-state index contributed by atoms with van der Waals surface area (Å²) in [6.45, 7) is 2.72. The second-order valence-electron chi connectivity index (χ2n) is 4.43. The van der Waals surface area contributed by atoms with E-state index in [2.05, 4.69) is 16.8 Å². The molecule has 0 bridgehead atoms. The van der Waals surface area contributed by atoms with Crippen LogP contribution in [0.4, 0.5) is 0 Å². The fourth-order valence-corrected chi connectivity index (χ4v) is 1.80. The van der Waals surface area contributed by atoms with Gasteiger partial charge in [0.1, 0.15) is 24.1 Å². The van der Waals surface area contributed by atoms with Crippen molar-refractivity contribution in [3.05, 3.63) is 58.9 Å². The molecule has 4 nitrogen and oxygen atoms in total. The van der Waals surface area contributed by atoms with Crippen LogP contribution in [-0.4, -0.2) is 11.5 Å². The standard InChI is InChI=1S/C17H15N3O/c1-13-9-17(5-4-15(13)3-2-7-18)21-12-14-6-8-20-16(10-14)11-19/h4-6,8-10H,7,12,18H2,1H3. The highest BCUT2D eigenvalue weighted by atomic mass is 16.5. The Morgan fingerprint density at radius 2 is 2.14 bits per heavy atom. The zero-order valence-corrected chi connectivity index (χ0v) is 11.8.